The largest absolute Gasteiger partial charge is 0.443 e. The summed E-state index contributed by atoms with van der Waals surface area (Å²) < 4.78 is 21.0. The molecule has 0 aliphatic carbocycles. The first-order valence-corrected chi connectivity index (χ1v) is 10.0. The number of halogens is 1. The lowest BCUT2D eigenvalue weighted by Gasteiger charge is -2.21. The van der Waals surface area contributed by atoms with E-state index >= 15 is 0 Å². The molecule has 152 valence electrons. The van der Waals surface area contributed by atoms with Gasteiger partial charge in [-0.05, 0) is 49.6 Å². The van der Waals surface area contributed by atoms with Crippen molar-refractivity contribution in [3.8, 4) is 0 Å². The van der Waals surface area contributed by atoms with Gasteiger partial charge in [-0.15, -0.1) is 0 Å². The Hall–Kier alpha value is -3.48. The predicted molar refractivity (Wildman–Crippen MR) is 109 cm³/mol. The quantitative estimate of drug-likeness (QED) is 0.508. The van der Waals surface area contributed by atoms with Gasteiger partial charge in [0.1, 0.15) is 29.0 Å². The van der Waals surface area contributed by atoms with Gasteiger partial charge in [0.2, 0.25) is 5.89 Å². The normalized spacial score (nSPS) is 16.5. The summed E-state index contributed by atoms with van der Waals surface area (Å²) in [5.41, 5.74) is 3.15. The molecule has 1 aliphatic heterocycles. The zero-order valence-electron chi connectivity index (χ0n) is 16.6. The first-order chi connectivity index (χ1) is 14.6. The fourth-order valence-electron chi connectivity index (χ4n) is 4.03. The number of likely N-dealkylation sites (tertiary alicyclic amines) is 1. The molecule has 0 N–H and O–H groups in total. The zero-order chi connectivity index (χ0) is 20.7. The number of carbonyl (C=O) groups excluding carboxylic acids is 1. The fourth-order valence-corrected chi connectivity index (χ4v) is 4.03. The summed E-state index contributed by atoms with van der Waals surface area (Å²) in [6.07, 6.45) is 5.69. The van der Waals surface area contributed by atoms with Crippen LogP contribution in [0.25, 0.3) is 5.65 Å². The van der Waals surface area contributed by atoms with Crippen molar-refractivity contribution in [3.63, 3.8) is 0 Å². The van der Waals surface area contributed by atoms with E-state index < -0.39 is 0 Å². The lowest BCUT2D eigenvalue weighted by molar-refractivity contribution is 0.0709. The van der Waals surface area contributed by atoms with Gasteiger partial charge in [0.25, 0.3) is 5.91 Å². The van der Waals surface area contributed by atoms with Crippen LogP contribution in [0.1, 0.15) is 52.3 Å². The van der Waals surface area contributed by atoms with Crippen LogP contribution < -0.4 is 0 Å². The second kappa shape index (κ2) is 7.40. The molecule has 0 bridgehead atoms. The number of benzene rings is 1. The Kier molecular flexibility index (Phi) is 4.58. The van der Waals surface area contributed by atoms with Gasteiger partial charge in [0, 0.05) is 24.9 Å². The maximum atomic E-state index is 13.2. The van der Waals surface area contributed by atoms with E-state index in [1.165, 1.54) is 12.1 Å². The summed E-state index contributed by atoms with van der Waals surface area (Å²) in [5, 5.41) is 0. The Morgan fingerprint density at radius 2 is 2.07 bits per heavy atom. The third kappa shape index (κ3) is 3.36. The molecule has 7 heteroatoms. The maximum absolute atomic E-state index is 13.2. The zero-order valence-corrected chi connectivity index (χ0v) is 16.6. The maximum Gasteiger partial charge on any atom is 0.274 e. The number of aromatic nitrogens is 3. The van der Waals surface area contributed by atoms with E-state index in [0.29, 0.717) is 30.3 Å². The van der Waals surface area contributed by atoms with Crippen LogP contribution >= 0.6 is 0 Å². The number of aryl methyl sites for hydroxylation is 1. The van der Waals surface area contributed by atoms with Gasteiger partial charge >= 0.3 is 0 Å². The molecule has 6 nitrogen and oxygen atoms in total. The number of amides is 1. The topological polar surface area (TPSA) is 63.6 Å². The number of nitrogens with zero attached hydrogens (tertiary/aromatic N) is 4. The van der Waals surface area contributed by atoms with E-state index in [2.05, 4.69) is 9.97 Å². The van der Waals surface area contributed by atoms with Gasteiger partial charge in [-0.25, -0.2) is 14.4 Å². The highest BCUT2D eigenvalue weighted by atomic mass is 19.1. The summed E-state index contributed by atoms with van der Waals surface area (Å²) in [4.78, 5) is 23.9. The third-order valence-corrected chi connectivity index (χ3v) is 5.58. The monoisotopic (exact) mass is 404 g/mol. The van der Waals surface area contributed by atoms with Crippen LogP contribution in [0, 0.1) is 12.7 Å². The van der Waals surface area contributed by atoms with Gasteiger partial charge in [0.15, 0.2) is 0 Å². The van der Waals surface area contributed by atoms with Crippen molar-refractivity contribution in [3.05, 3.63) is 89.3 Å². The SMILES string of the molecule is Cc1cccc2nc(C(=O)N3CCC[C@H]3c3ncc(Cc4ccc(F)cc4)o3)cn12. The number of hydrogen-bond donors (Lipinski definition) is 0. The van der Waals surface area contributed by atoms with E-state index in [4.69, 9.17) is 4.42 Å². The van der Waals surface area contributed by atoms with Crippen LogP contribution in [0.3, 0.4) is 0 Å². The molecule has 0 unspecified atom stereocenters. The summed E-state index contributed by atoms with van der Waals surface area (Å²) in [6, 6.07) is 11.9. The third-order valence-electron chi connectivity index (χ3n) is 5.58. The number of imidazole rings is 1. The molecular weight excluding hydrogens is 383 g/mol. The van der Waals surface area contributed by atoms with Crippen molar-refractivity contribution in [2.75, 3.05) is 6.54 Å². The number of fused-ring (bicyclic) bond motifs is 1. The average Bonchev–Trinajstić information content (AvgIpc) is 3.48. The average molecular weight is 404 g/mol. The summed E-state index contributed by atoms with van der Waals surface area (Å²) in [6.45, 7) is 2.63. The Balaban J connectivity index is 1.37. The van der Waals surface area contributed by atoms with Crippen molar-refractivity contribution >= 4 is 11.6 Å². The molecule has 1 amide bonds. The van der Waals surface area contributed by atoms with Crippen molar-refractivity contribution in [1.82, 2.24) is 19.3 Å². The fraction of sp³-hybridized carbons (Fsp3) is 0.261. The molecule has 1 aliphatic rings. The first kappa shape index (κ1) is 18.5. The van der Waals surface area contributed by atoms with E-state index in [1.807, 2.05) is 29.5 Å². The molecule has 5 rings (SSSR count). The van der Waals surface area contributed by atoms with Gasteiger partial charge in [-0.3, -0.25) is 4.79 Å². The molecule has 3 aromatic heterocycles. The number of pyridine rings is 1. The minimum atomic E-state index is -0.265. The van der Waals surface area contributed by atoms with Crippen molar-refractivity contribution in [2.24, 2.45) is 0 Å². The van der Waals surface area contributed by atoms with Crippen molar-refractivity contribution in [1.29, 1.82) is 0 Å². The lowest BCUT2D eigenvalue weighted by atomic mass is 10.1. The number of rotatable bonds is 4. The predicted octanol–water partition coefficient (Wildman–Crippen LogP) is 4.34. The number of oxazole rings is 1. The Labute approximate surface area is 173 Å². The van der Waals surface area contributed by atoms with Gasteiger partial charge in [-0.1, -0.05) is 18.2 Å². The van der Waals surface area contributed by atoms with Crippen LogP contribution in [0.5, 0.6) is 0 Å². The summed E-state index contributed by atoms with van der Waals surface area (Å²) in [7, 11) is 0. The molecule has 0 radical (unpaired) electrons. The minimum absolute atomic E-state index is 0.112. The highest BCUT2D eigenvalue weighted by Crippen LogP contribution is 2.33. The standard InChI is InChI=1S/C23H21FN4O2/c1-15-4-2-6-21-26-19(14-28(15)21)23(29)27-11-3-5-20(27)22-25-13-18(30-22)12-16-7-9-17(24)10-8-16/h2,4,6-10,13-14,20H,3,5,11-12H2,1H3/t20-/m0/s1. The van der Waals surface area contributed by atoms with E-state index in [-0.39, 0.29) is 17.8 Å². The highest BCUT2D eigenvalue weighted by molar-refractivity contribution is 5.93. The minimum Gasteiger partial charge on any atom is -0.443 e. The molecular formula is C23H21FN4O2. The van der Waals surface area contributed by atoms with Gasteiger partial charge in [0.05, 0.1) is 6.20 Å². The smallest absolute Gasteiger partial charge is 0.274 e. The summed E-state index contributed by atoms with van der Waals surface area (Å²) in [5.74, 6) is 0.857. The molecule has 0 saturated carbocycles. The molecule has 0 spiro atoms. The second-order valence-corrected chi connectivity index (χ2v) is 7.65. The van der Waals surface area contributed by atoms with Gasteiger partial charge in [-0.2, -0.15) is 0 Å². The number of carbonyl (C=O) groups is 1. The molecule has 1 fully saturated rings. The van der Waals surface area contributed by atoms with Gasteiger partial charge < -0.3 is 13.7 Å². The second-order valence-electron chi connectivity index (χ2n) is 7.65. The molecule has 4 aromatic rings. The van der Waals surface area contributed by atoms with Crippen molar-refractivity contribution in [2.45, 2.75) is 32.2 Å². The van der Waals surface area contributed by atoms with Crippen LogP contribution in [-0.4, -0.2) is 31.7 Å². The van der Waals surface area contributed by atoms with Crippen LogP contribution in [0.15, 0.2) is 59.3 Å². The Morgan fingerprint density at radius 3 is 2.87 bits per heavy atom. The highest BCUT2D eigenvalue weighted by Gasteiger charge is 2.34. The Morgan fingerprint density at radius 1 is 1.23 bits per heavy atom. The lowest BCUT2D eigenvalue weighted by Crippen LogP contribution is -2.31. The van der Waals surface area contributed by atoms with Crippen LogP contribution in [0.2, 0.25) is 0 Å². The van der Waals surface area contributed by atoms with E-state index in [9.17, 15) is 9.18 Å². The molecule has 30 heavy (non-hydrogen) atoms. The summed E-state index contributed by atoms with van der Waals surface area (Å²) >= 11 is 0. The molecule has 1 atom stereocenters. The van der Waals surface area contributed by atoms with E-state index in [1.54, 1.807) is 29.4 Å². The Bertz CT molecular complexity index is 1210. The van der Waals surface area contributed by atoms with Crippen LogP contribution in [-0.2, 0) is 6.42 Å². The molecule has 1 aromatic carbocycles. The first-order valence-electron chi connectivity index (χ1n) is 10.0. The van der Waals surface area contributed by atoms with Crippen molar-refractivity contribution < 1.29 is 13.6 Å². The molecule has 1 saturated heterocycles. The number of hydrogen-bond acceptors (Lipinski definition) is 4. The van der Waals surface area contributed by atoms with E-state index in [0.717, 1.165) is 29.7 Å². The molecule has 4 heterocycles. The van der Waals surface area contributed by atoms with Crippen LogP contribution in [0.4, 0.5) is 4.39 Å².